The van der Waals surface area contributed by atoms with E-state index in [9.17, 15) is 0 Å². The van der Waals surface area contributed by atoms with Crippen LogP contribution in [0.2, 0.25) is 16.6 Å². The molecule has 0 aliphatic heterocycles. The molecular formula is C44H78OSi. The molecule has 0 bridgehead atoms. The fourth-order valence-electron chi connectivity index (χ4n) is 13.2. The molecule has 0 saturated heterocycles. The Morgan fingerprint density at radius 3 is 1.87 bits per heavy atom. The van der Waals surface area contributed by atoms with Crippen molar-refractivity contribution in [1.29, 1.82) is 0 Å². The van der Waals surface area contributed by atoms with Crippen molar-refractivity contribution in [1.82, 2.24) is 0 Å². The first-order chi connectivity index (χ1) is 21.9. The second-order valence-electron chi connectivity index (χ2n) is 19.1. The van der Waals surface area contributed by atoms with E-state index < -0.39 is 8.32 Å². The van der Waals surface area contributed by atoms with Crippen LogP contribution in [0.4, 0.5) is 0 Å². The zero-order chi connectivity index (χ0) is 33.1. The van der Waals surface area contributed by atoms with Crippen LogP contribution in [0, 0.1) is 46.3 Å². The first-order valence-corrected chi connectivity index (χ1v) is 23.1. The Kier molecular flexibility index (Phi) is 12.6. The summed E-state index contributed by atoms with van der Waals surface area (Å²) in [7, 11) is -1.84. The highest BCUT2D eigenvalue weighted by atomic mass is 28.4. The van der Waals surface area contributed by atoms with Gasteiger partial charge in [0.05, 0.1) is 0 Å². The summed E-state index contributed by atoms with van der Waals surface area (Å²) in [6.07, 6.45) is 35.9. The maximum Gasteiger partial charge on any atom is 0.200 e. The van der Waals surface area contributed by atoms with E-state index in [1.807, 2.05) is 0 Å². The molecule has 0 radical (unpaired) electrons. The highest BCUT2D eigenvalue weighted by Gasteiger charge is 2.59. The Labute approximate surface area is 289 Å². The molecule has 1 nitrogen and oxygen atoms in total. The molecule has 0 aromatic carbocycles. The average Bonchev–Trinajstić information content (AvgIpc) is 3.36. The molecule has 5 rings (SSSR count). The minimum Gasteiger partial charge on any atom is -0.413 e. The van der Waals surface area contributed by atoms with Crippen molar-refractivity contribution in [3.05, 3.63) is 23.8 Å². The highest BCUT2D eigenvalue weighted by Crippen LogP contribution is 2.67. The SMILES string of the molecule is CC(C)[Si](O[C@H]1CC[C@@]2(C)C(=CC[C@H]3[C@@H]4CC[C@H]([C@H](C)/C=C/C5CCCCCCCCCCC5)[C@@]4(C)CC[C@@H]32)C1)(C(C)C)C(C)C. The van der Waals surface area contributed by atoms with Gasteiger partial charge in [-0.15, -0.1) is 0 Å². The van der Waals surface area contributed by atoms with Crippen LogP contribution < -0.4 is 0 Å². The van der Waals surface area contributed by atoms with Crippen LogP contribution in [-0.4, -0.2) is 14.4 Å². The van der Waals surface area contributed by atoms with Crippen molar-refractivity contribution in [3.63, 3.8) is 0 Å². The molecule has 264 valence electrons. The molecule has 4 saturated carbocycles. The zero-order valence-corrected chi connectivity index (χ0v) is 33.3. The fourth-order valence-corrected chi connectivity index (χ4v) is 18.8. The maximum atomic E-state index is 7.41. The summed E-state index contributed by atoms with van der Waals surface area (Å²) in [6, 6.07) is 0. The smallest absolute Gasteiger partial charge is 0.200 e. The molecule has 5 aliphatic rings. The van der Waals surface area contributed by atoms with Gasteiger partial charge in [0, 0.05) is 6.10 Å². The second-order valence-corrected chi connectivity index (χ2v) is 24.5. The number of hydrogen-bond acceptors (Lipinski definition) is 1. The van der Waals surface area contributed by atoms with E-state index in [2.05, 4.69) is 80.5 Å². The maximum absolute atomic E-state index is 7.41. The third kappa shape index (κ3) is 7.39. The second kappa shape index (κ2) is 15.7. The van der Waals surface area contributed by atoms with Crippen molar-refractivity contribution in [2.45, 2.75) is 207 Å². The van der Waals surface area contributed by atoms with Crippen LogP contribution in [0.25, 0.3) is 0 Å². The normalized spacial score (nSPS) is 37.8. The molecule has 0 heterocycles. The molecule has 0 N–H and O–H groups in total. The summed E-state index contributed by atoms with van der Waals surface area (Å²) in [5.74, 6) is 5.18. The van der Waals surface area contributed by atoms with Gasteiger partial charge >= 0.3 is 0 Å². The fraction of sp³-hybridized carbons (Fsp3) is 0.909. The monoisotopic (exact) mass is 651 g/mol. The summed E-state index contributed by atoms with van der Waals surface area (Å²) >= 11 is 0. The van der Waals surface area contributed by atoms with Gasteiger partial charge in [-0.2, -0.15) is 0 Å². The topological polar surface area (TPSA) is 9.23 Å². The summed E-state index contributed by atoms with van der Waals surface area (Å²) < 4.78 is 7.41. The molecular weight excluding hydrogens is 573 g/mol. The van der Waals surface area contributed by atoms with E-state index in [0.717, 1.165) is 35.5 Å². The standard InChI is InChI=1S/C44H78OSi/c1-32(2)46(33(3)4,34(5)6)45-38-27-29-43(8)37(31-38)23-24-39-41-26-25-40(44(41,9)30-28-42(39)43)35(7)21-22-36-19-17-15-13-11-10-12-14-16-18-20-36/h21-23,32-36,38-42H,10-20,24-31H2,1-9H3/b22-21+/t35-,38+,39+,40-,41+,42+,43+,44-/m1/s1. The Morgan fingerprint density at radius 1 is 0.696 bits per heavy atom. The molecule has 0 aromatic heterocycles. The molecule has 5 aliphatic carbocycles. The lowest BCUT2D eigenvalue weighted by Crippen LogP contribution is -2.53. The zero-order valence-electron chi connectivity index (χ0n) is 32.3. The lowest BCUT2D eigenvalue weighted by atomic mass is 9.47. The van der Waals surface area contributed by atoms with E-state index in [1.165, 1.54) is 122 Å². The van der Waals surface area contributed by atoms with Crippen LogP contribution in [0.5, 0.6) is 0 Å². The predicted octanol–water partition coefficient (Wildman–Crippen LogP) is 14.2. The molecule has 0 amide bonds. The van der Waals surface area contributed by atoms with Crippen molar-refractivity contribution in [2.75, 3.05) is 0 Å². The number of fused-ring (bicyclic) bond motifs is 5. The van der Waals surface area contributed by atoms with Crippen LogP contribution in [0.3, 0.4) is 0 Å². The van der Waals surface area contributed by atoms with Gasteiger partial charge in [0.15, 0.2) is 0 Å². The van der Waals surface area contributed by atoms with Gasteiger partial charge in [0.2, 0.25) is 8.32 Å². The van der Waals surface area contributed by atoms with Crippen molar-refractivity contribution in [3.8, 4) is 0 Å². The number of rotatable bonds is 8. The molecule has 4 fully saturated rings. The van der Waals surface area contributed by atoms with Crippen LogP contribution in [-0.2, 0) is 4.43 Å². The van der Waals surface area contributed by atoms with E-state index in [0.29, 0.717) is 33.6 Å². The first-order valence-electron chi connectivity index (χ1n) is 21.0. The lowest BCUT2D eigenvalue weighted by molar-refractivity contribution is -0.0534. The first kappa shape index (κ1) is 36.9. The number of allylic oxidation sites excluding steroid dienone is 3. The van der Waals surface area contributed by atoms with Crippen molar-refractivity contribution >= 4 is 8.32 Å². The summed E-state index contributed by atoms with van der Waals surface area (Å²) in [5, 5.41) is 0. The lowest BCUT2D eigenvalue weighted by Gasteiger charge is -2.59. The van der Waals surface area contributed by atoms with E-state index in [-0.39, 0.29) is 0 Å². The van der Waals surface area contributed by atoms with Gasteiger partial charge < -0.3 is 4.43 Å². The van der Waals surface area contributed by atoms with Gasteiger partial charge in [-0.25, -0.2) is 0 Å². The predicted molar refractivity (Wildman–Crippen MR) is 204 cm³/mol. The quantitative estimate of drug-likeness (QED) is 0.188. The molecule has 0 aromatic rings. The van der Waals surface area contributed by atoms with Crippen LogP contribution >= 0.6 is 0 Å². The van der Waals surface area contributed by atoms with Gasteiger partial charge in [0.1, 0.15) is 0 Å². The van der Waals surface area contributed by atoms with Gasteiger partial charge in [0.25, 0.3) is 0 Å². The minimum atomic E-state index is -1.84. The highest BCUT2D eigenvalue weighted by molar-refractivity contribution is 6.77. The summed E-state index contributed by atoms with van der Waals surface area (Å²) in [4.78, 5) is 0. The van der Waals surface area contributed by atoms with Crippen molar-refractivity contribution in [2.24, 2.45) is 46.3 Å². The van der Waals surface area contributed by atoms with Gasteiger partial charge in [-0.3, -0.25) is 0 Å². The summed E-state index contributed by atoms with van der Waals surface area (Å²) in [6.45, 7) is 22.8. The van der Waals surface area contributed by atoms with Crippen molar-refractivity contribution < 1.29 is 4.43 Å². The number of hydrogen-bond donors (Lipinski definition) is 0. The molecule has 8 atom stereocenters. The minimum absolute atomic E-state index is 0.416. The Bertz CT molecular complexity index is 989. The van der Waals surface area contributed by atoms with Gasteiger partial charge in [-0.05, 0) is 127 Å². The molecule has 0 spiro atoms. The third-order valence-electron chi connectivity index (χ3n) is 15.7. The molecule has 0 unspecified atom stereocenters. The van der Waals surface area contributed by atoms with Gasteiger partial charge in [-0.1, -0.05) is 144 Å². The van der Waals surface area contributed by atoms with E-state index >= 15 is 0 Å². The van der Waals surface area contributed by atoms with Crippen LogP contribution in [0.1, 0.15) is 184 Å². The Morgan fingerprint density at radius 2 is 1.28 bits per heavy atom. The molecule has 46 heavy (non-hydrogen) atoms. The van der Waals surface area contributed by atoms with E-state index in [1.54, 1.807) is 5.57 Å². The van der Waals surface area contributed by atoms with E-state index in [4.69, 9.17) is 4.43 Å². The Hall–Kier alpha value is -0.343. The summed E-state index contributed by atoms with van der Waals surface area (Å²) in [5.41, 5.74) is 4.78. The average molecular weight is 651 g/mol. The Balaban J connectivity index is 1.24. The third-order valence-corrected chi connectivity index (χ3v) is 21.8. The largest absolute Gasteiger partial charge is 0.413 e. The van der Waals surface area contributed by atoms with Crippen LogP contribution in [0.15, 0.2) is 23.8 Å². The molecule has 2 heteroatoms.